The van der Waals surface area contributed by atoms with Gasteiger partial charge in [0.15, 0.2) is 6.54 Å². The van der Waals surface area contributed by atoms with Crippen LogP contribution in [0, 0.1) is 0 Å². The van der Waals surface area contributed by atoms with Crippen molar-refractivity contribution in [1.29, 1.82) is 0 Å². The molecule has 2 aromatic carbocycles. The van der Waals surface area contributed by atoms with Crippen LogP contribution < -0.4 is 4.90 Å². The molecule has 0 saturated carbocycles. The Morgan fingerprint density at radius 3 is 2.57 bits per heavy atom. The van der Waals surface area contributed by atoms with Crippen molar-refractivity contribution >= 4 is 38.5 Å². The van der Waals surface area contributed by atoms with Gasteiger partial charge in [0.1, 0.15) is 5.69 Å². The molecule has 1 atom stereocenters. The molecule has 0 radical (unpaired) electrons. The number of rotatable bonds is 2. The Hall–Kier alpha value is -1.30. The first-order chi connectivity index (χ1) is 11.2. The van der Waals surface area contributed by atoms with E-state index < -0.39 is 5.72 Å². The molecule has 2 aromatic rings. The van der Waals surface area contributed by atoms with Gasteiger partial charge in [-0.15, -0.1) is 0 Å². The zero-order valence-electron chi connectivity index (χ0n) is 12.7. The van der Waals surface area contributed by atoms with Gasteiger partial charge in [0.05, 0.1) is 6.54 Å². The maximum Gasteiger partial charge on any atom is 0.316 e. The molecule has 2 aliphatic rings. The van der Waals surface area contributed by atoms with Crippen molar-refractivity contribution in [3.63, 3.8) is 0 Å². The minimum atomic E-state index is -0.961. The van der Waals surface area contributed by atoms with Gasteiger partial charge in [-0.05, 0) is 42.4 Å². The summed E-state index contributed by atoms with van der Waals surface area (Å²) in [5.74, 6) is 1.10. The Bertz CT molecular complexity index is 747. The van der Waals surface area contributed by atoms with Gasteiger partial charge in [-0.1, -0.05) is 46.3 Å². The van der Waals surface area contributed by atoms with Gasteiger partial charge in [0.25, 0.3) is 5.72 Å². The van der Waals surface area contributed by atoms with E-state index in [0.717, 1.165) is 39.6 Å². The Morgan fingerprint density at radius 2 is 1.83 bits per heavy atom. The molecule has 0 amide bonds. The van der Waals surface area contributed by atoms with Gasteiger partial charge in [-0.2, -0.15) is 0 Å². The number of aliphatic hydroxyl groups is 1. The summed E-state index contributed by atoms with van der Waals surface area (Å²) in [6.45, 7) is 1.45. The number of anilines is 1. The molecule has 3 nitrogen and oxygen atoms in total. The predicted octanol–water partition coefficient (Wildman–Crippen LogP) is 3.62. The molecule has 118 valence electrons. The van der Waals surface area contributed by atoms with Crippen molar-refractivity contribution < 1.29 is 9.68 Å². The summed E-state index contributed by atoms with van der Waals surface area (Å²) in [6, 6.07) is 18.3. The zero-order valence-corrected chi connectivity index (χ0v) is 15.1. The molecule has 1 N–H and O–H groups in total. The van der Waals surface area contributed by atoms with Gasteiger partial charge >= 0.3 is 5.17 Å². The molecular formula is C18H18BrN2OS+. The van der Waals surface area contributed by atoms with E-state index in [9.17, 15) is 5.11 Å². The number of hydrogen-bond donors (Lipinski definition) is 1. The average Bonchev–Trinajstić information content (AvgIpc) is 2.91. The normalized spacial score (nSPS) is 24.0. The minimum absolute atomic E-state index is 0.557. The van der Waals surface area contributed by atoms with Crippen LogP contribution in [-0.4, -0.2) is 33.7 Å². The van der Waals surface area contributed by atoms with Crippen molar-refractivity contribution in [2.45, 2.75) is 12.1 Å². The predicted molar refractivity (Wildman–Crippen MR) is 99.0 cm³/mol. The summed E-state index contributed by atoms with van der Waals surface area (Å²) in [5.41, 5.74) is 1.12. The third-order valence-electron chi connectivity index (χ3n) is 4.42. The molecule has 2 heterocycles. The van der Waals surface area contributed by atoms with E-state index in [1.54, 1.807) is 0 Å². The van der Waals surface area contributed by atoms with Gasteiger partial charge in [-0.3, -0.25) is 0 Å². The molecule has 23 heavy (non-hydrogen) atoms. The molecule has 5 heteroatoms. The first-order valence-electron chi connectivity index (χ1n) is 7.77. The molecule has 4 rings (SSSR count). The van der Waals surface area contributed by atoms with Crippen LogP contribution in [0.25, 0.3) is 0 Å². The lowest BCUT2D eigenvalue weighted by Crippen LogP contribution is -2.41. The highest BCUT2D eigenvalue weighted by Crippen LogP contribution is 2.37. The van der Waals surface area contributed by atoms with Gasteiger partial charge in [0.2, 0.25) is 0 Å². The third kappa shape index (κ3) is 2.61. The largest absolute Gasteiger partial charge is 0.346 e. The Balaban J connectivity index is 1.79. The lowest BCUT2D eigenvalue weighted by atomic mass is 10.0. The van der Waals surface area contributed by atoms with E-state index in [1.165, 1.54) is 0 Å². The van der Waals surface area contributed by atoms with Crippen LogP contribution in [0.2, 0.25) is 0 Å². The minimum Gasteiger partial charge on any atom is -0.346 e. The summed E-state index contributed by atoms with van der Waals surface area (Å²) < 4.78 is 3.23. The summed E-state index contributed by atoms with van der Waals surface area (Å²) in [4.78, 5) is 2.24. The highest BCUT2D eigenvalue weighted by atomic mass is 79.9. The number of β-amino-alcohol motifs (C(OH)–C–C–N with tert-alkyl or cyclic N) is 1. The summed E-state index contributed by atoms with van der Waals surface area (Å²) >= 11 is 5.33. The third-order valence-corrected chi connectivity index (χ3v) is 6.14. The summed E-state index contributed by atoms with van der Waals surface area (Å²) in [5, 5.41) is 12.6. The van der Waals surface area contributed by atoms with Gasteiger partial charge in [-0.25, -0.2) is 9.48 Å². The van der Waals surface area contributed by atoms with Crippen LogP contribution in [0.4, 0.5) is 5.69 Å². The van der Waals surface area contributed by atoms with Crippen molar-refractivity contribution in [3.05, 3.63) is 64.6 Å². The second kappa shape index (κ2) is 5.96. The topological polar surface area (TPSA) is 26.5 Å². The fourth-order valence-electron chi connectivity index (χ4n) is 3.27. The van der Waals surface area contributed by atoms with Crippen LogP contribution in [-0.2, 0) is 5.72 Å². The first kappa shape index (κ1) is 15.2. The number of nitrogens with zero attached hydrogens (tertiary/aromatic N) is 2. The Morgan fingerprint density at radius 1 is 1.09 bits per heavy atom. The summed E-state index contributed by atoms with van der Waals surface area (Å²) in [6.07, 6.45) is 1.09. The zero-order chi connectivity index (χ0) is 15.9. The van der Waals surface area contributed by atoms with Crippen LogP contribution in [0.15, 0.2) is 59.1 Å². The monoisotopic (exact) mass is 389 g/mol. The standard InChI is InChI=1S/C18H18BrN2OS/c19-15-7-9-16(10-8-15)20-13-18(22,14-5-2-1-3-6-14)21-11-4-12-23-17(20)21/h1-3,5-10,22H,4,11-13H2/q+1/t18-/m0/s1. The molecule has 0 aliphatic carbocycles. The second-order valence-corrected chi connectivity index (χ2v) is 7.86. The van der Waals surface area contributed by atoms with Crippen LogP contribution in [0.1, 0.15) is 12.0 Å². The van der Waals surface area contributed by atoms with E-state index >= 15 is 0 Å². The van der Waals surface area contributed by atoms with Crippen molar-refractivity contribution in [2.24, 2.45) is 0 Å². The smallest absolute Gasteiger partial charge is 0.316 e. The van der Waals surface area contributed by atoms with Crippen molar-refractivity contribution in [2.75, 3.05) is 23.7 Å². The number of hydrogen-bond acceptors (Lipinski definition) is 3. The average molecular weight is 390 g/mol. The molecule has 0 aromatic heterocycles. The van der Waals surface area contributed by atoms with Gasteiger partial charge in [0, 0.05) is 15.8 Å². The Labute approximate surface area is 148 Å². The molecule has 0 saturated heterocycles. The number of halogens is 1. The fourth-order valence-corrected chi connectivity index (χ4v) is 4.72. The van der Waals surface area contributed by atoms with Crippen molar-refractivity contribution in [3.8, 4) is 0 Å². The molecule has 2 aliphatic heterocycles. The molecule has 0 spiro atoms. The van der Waals surface area contributed by atoms with Crippen LogP contribution in [0.3, 0.4) is 0 Å². The number of benzene rings is 2. The Kier molecular flexibility index (Phi) is 3.95. The lowest BCUT2D eigenvalue weighted by Gasteiger charge is -2.24. The molecular weight excluding hydrogens is 372 g/mol. The highest BCUT2D eigenvalue weighted by molar-refractivity contribution is 9.10. The van der Waals surface area contributed by atoms with E-state index in [0.29, 0.717) is 6.54 Å². The summed E-state index contributed by atoms with van der Waals surface area (Å²) in [7, 11) is 0. The van der Waals surface area contributed by atoms with E-state index in [-0.39, 0.29) is 0 Å². The SMILES string of the molecule is O[C@]1(c2ccccc2)CN(c2ccc(Br)cc2)C2=[N+]1CCCS2. The van der Waals surface area contributed by atoms with Gasteiger partial charge < -0.3 is 5.11 Å². The van der Waals surface area contributed by atoms with E-state index in [4.69, 9.17) is 0 Å². The van der Waals surface area contributed by atoms with Crippen molar-refractivity contribution in [1.82, 2.24) is 0 Å². The molecule has 0 bridgehead atoms. The number of thioether (sulfide) groups is 1. The van der Waals surface area contributed by atoms with Crippen LogP contribution in [0.5, 0.6) is 0 Å². The maximum absolute atomic E-state index is 11.5. The highest BCUT2D eigenvalue weighted by Gasteiger charge is 2.53. The van der Waals surface area contributed by atoms with E-state index in [1.807, 2.05) is 54.2 Å². The lowest BCUT2D eigenvalue weighted by molar-refractivity contribution is -0.656. The number of amidine groups is 1. The maximum atomic E-state index is 11.5. The molecule has 0 fully saturated rings. The first-order valence-corrected chi connectivity index (χ1v) is 9.55. The van der Waals surface area contributed by atoms with E-state index in [2.05, 4.69) is 37.5 Å². The fraction of sp³-hybridized carbons (Fsp3) is 0.278. The molecule has 0 unspecified atom stereocenters. The second-order valence-electron chi connectivity index (χ2n) is 5.88. The van der Waals surface area contributed by atoms with Crippen LogP contribution >= 0.6 is 27.7 Å². The quantitative estimate of drug-likeness (QED) is 0.794.